The lowest BCUT2D eigenvalue weighted by molar-refractivity contribution is 0.657. The largest absolute Gasteiger partial charge is 0.346 e. The van der Waals surface area contributed by atoms with Crippen LogP contribution in [-0.2, 0) is 13.1 Å². The van der Waals surface area contributed by atoms with E-state index >= 15 is 0 Å². The number of nitrogens with zero attached hydrogens (tertiary/aromatic N) is 1. The maximum absolute atomic E-state index is 3.37. The number of aromatic nitrogens is 1. The third-order valence-corrected chi connectivity index (χ3v) is 2.92. The third kappa shape index (κ3) is 3.21. The molecule has 0 aliphatic rings. The van der Waals surface area contributed by atoms with Gasteiger partial charge in [0.2, 0.25) is 0 Å². The van der Waals surface area contributed by atoms with Crippen LogP contribution in [0.15, 0.2) is 42.6 Å². The van der Waals surface area contributed by atoms with Crippen LogP contribution in [0.3, 0.4) is 0 Å². The summed E-state index contributed by atoms with van der Waals surface area (Å²) in [6.07, 6.45) is 2.15. The van der Waals surface area contributed by atoms with Crippen molar-refractivity contribution in [1.29, 1.82) is 0 Å². The molecule has 1 aromatic carbocycles. The van der Waals surface area contributed by atoms with Crippen molar-refractivity contribution in [2.45, 2.75) is 26.9 Å². The van der Waals surface area contributed by atoms with Gasteiger partial charge < -0.3 is 9.88 Å². The predicted molar refractivity (Wildman–Crippen MR) is 72.1 cm³/mol. The number of benzene rings is 1. The summed E-state index contributed by atoms with van der Waals surface area (Å²) in [4.78, 5) is 0. The van der Waals surface area contributed by atoms with Gasteiger partial charge in [-0.1, -0.05) is 36.8 Å². The zero-order valence-electron chi connectivity index (χ0n) is 10.6. The second-order valence-corrected chi connectivity index (χ2v) is 4.40. The first-order valence-electron chi connectivity index (χ1n) is 6.20. The highest BCUT2D eigenvalue weighted by Crippen LogP contribution is 2.09. The lowest BCUT2D eigenvalue weighted by atomic mass is 10.1. The van der Waals surface area contributed by atoms with Gasteiger partial charge in [0.1, 0.15) is 0 Å². The van der Waals surface area contributed by atoms with Gasteiger partial charge in [0.15, 0.2) is 0 Å². The van der Waals surface area contributed by atoms with Gasteiger partial charge in [-0.05, 0) is 31.2 Å². The van der Waals surface area contributed by atoms with E-state index in [1.807, 2.05) is 0 Å². The molecule has 0 aliphatic carbocycles. The summed E-state index contributed by atoms with van der Waals surface area (Å²) in [5.74, 6) is 0. The Bertz CT molecular complexity index is 471. The molecule has 1 heterocycles. The Hall–Kier alpha value is -1.54. The molecule has 2 aromatic rings. The Morgan fingerprint density at radius 2 is 2.06 bits per heavy atom. The molecular formula is C15H20N2. The molecule has 0 aliphatic heterocycles. The summed E-state index contributed by atoms with van der Waals surface area (Å²) >= 11 is 0. The van der Waals surface area contributed by atoms with Crippen LogP contribution in [0.25, 0.3) is 0 Å². The number of aryl methyl sites for hydroxylation is 1. The minimum atomic E-state index is 0.940. The molecular weight excluding hydrogens is 208 g/mol. The van der Waals surface area contributed by atoms with Crippen LogP contribution in [0.2, 0.25) is 0 Å². The summed E-state index contributed by atoms with van der Waals surface area (Å²) in [7, 11) is 0. The highest BCUT2D eigenvalue weighted by atomic mass is 15.0. The summed E-state index contributed by atoms with van der Waals surface area (Å²) in [5.41, 5.74) is 4.02. The Labute approximate surface area is 103 Å². The van der Waals surface area contributed by atoms with E-state index < -0.39 is 0 Å². The van der Waals surface area contributed by atoms with Gasteiger partial charge >= 0.3 is 0 Å². The predicted octanol–water partition coefficient (Wildman–Crippen LogP) is 2.95. The fourth-order valence-corrected chi connectivity index (χ4v) is 2.02. The number of nitrogens with one attached hydrogen (secondary N) is 1. The molecule has 0 saturated carbocycles. The molecule has 2 nitrogen and oxygen atoms in total. The second-order valence-electron chi connectivity index (χ2n) is 4.40. The van der Waals surface area contributed by atoms with Crippen LogP contribution in [0.1, 0.15) is 23.7 Å². The number of rotatable bonds is 5. The highest BCUT2D eigenvalue weighted by Gasteiger charge is 2.01. The Morgan fingerprint density at radius 1 is 1.18 bits per heavy atom. The zero-order valence-corrected chi connectivity index (χ0v) is 10.6. The van der Waals surface area contributed by atoms with Crippen molar-refractivity contribution in [3.63, 3.8) is 0 Å². The van der Waals surface area contributed by atoms with Crippen LogP contribution in [-0.4, -0.2) is 11.1 Å². The minimum absolute atomic E-state index is 0.940. The molecule has 1 aromatic heterocycles. The van der Waals surface area contributed by atoms with Crippen LogP contribution < -0.4 is 5.32 Å². The molecule has 0 unspecified atom stereocenters. The Balaban J connectivity index is 2.10. The van der Waals surface area contributed by atoms with Gasteiger partial charge in [0, 0.05) is 25.0 Å². The smallest absolute Gasteiger partial charge is 0.0473 e. The van der Waals surface area contributed by atoms with Crippen LogP contribution >= 0.6 is 0 Å². The van der Waals surface area contributed by atoms with Crippen LogP contribution in [0.4, 0.5) is 0 Å². The summed E-state index contributed by atoms with van der Waals surface area (Å²) in [6.45, 7) is 7.17. The monoisotopic (exact) mass is 228 g/mol. The Kier molecular flexibility index (Phi) is 3.99. The van der Waals surface area contributed by atoms with Crippen molar-refractivity contribution in [2.75, 3.05) is 6.54 Å². The van der Waals surface area contributed by atoms with Crippen molar-refractivity contribution in [3.8, 4) is 0 Å². The van der Waals surface area contributed by atoms with E-state index in [9.17, 15) is 0 Å². The highest BCUT2D eigenvalue weighted by molar-refractivity contribution is 5.23. The van der Waals surface area contributed by atoms with Crippen LogP contribution in [0.5, 0.6) is 0 Å². The van der Waals surface area contributed by atoms with Gasteiger partial charge in [0.05, 0.1) is 0 Å². The molecule has 0 radical (unpaired) electrons. The standard InChI is InChI=1S/C15H20N2/c1-3-16-11-15-8-5-9-17(15)12-14-7-4-6-13(2)10-14/h4-10,16H,3,11-12H2,1-2H3. The molecule has 0 fully saturated rings. The maximum Gasteiger partial charge on any atom is 0.0473 e. The average Bonchev–Trinajstić information content (AvgIpc) is 2.74. The van der Waals surface area contributed by atoms with Gasteiger partial charge in [-0.3, -0.25) is 0 Å². The minimum Gasteiger partial charge on any atom is -0.346 e. The van der Waals surface area contributed by atoms with Gasteiger partial charge in [-0.2, -0.15) is 0 Å². The topological polar surface area (TPSA) is 17.0 Å². The number of hydrogen-bond donors (Lipinski definition) is 1. The molecule has 17 heavy (non-hydrogen) atoms. The SMILES string of the molecule is CCNCc1cccn1Cc1cccc(C)c1. The second kappa shape index (κ2) is 5.69. The van der Waals surface area contributed by atoms with Gasteiger partial charge in [0.25, 0.3) is 0 Å². The molecule has 2 rings (SSSR count). The van der Waals surface area contributed by atoms with Gasteiger partial charge in [-0.25, -0.2) is 0 Å². The van der Waals surface area contributed by atoms with E-state index in [2.05, 4.69) is 66.3 Å². The molecule has 90 valence electrons. The first-order chi connectivity index (χ1) is 8.29. The Morgan fingerprint density at radius 3 is 2.82 bits per heavy atom. The van der Waals surface area contributed by atoms with Crippen molar-refractivity contribution < 1.29 is 0 Å². The van der Waals surface area contributed by atoms with Crippen molar-refractivity contribution in [3.05, 3.63) is 59.4 Å². The molecule has 0 saturated heterocycles. The normalized spacial score (nSPS) is 10.7. The summed E-state index contributed by atoms with van der Waals surface area (Å²) < 4.78 is 2.30. The van der Waals surface area contributed by atoms with E-state index in [4.69, 9.17) is 0 Å². The molecule has 0 atom stereocenters. The third-order valence-electron chi connectivity index (χ3n) is 2.92. The fourth-order valence-electron chi connectivity index (χ4n) is 2.02. The van der Waals surface area contributed by atoms with Crippen LogP contribution in [0, 0.1) is 6.92 Å². The van der Waals surface area contributed by atoms with Crippen molar-refractivity contribution in [2.24, 2.45) is 0 Å². The van der Waals surface area contributed by atoms with E-state index in [-0.39, 0.29) is 0 Å². The lowest BCUT2D eigenvalue weighted by Crippen LogP contribution is -2.15. The average molecular weight is 228 g/mol. The first kappa shape index (κ1) is 11.9. The molecule has 0 spiro atoms. The summed E-state index contributed by atoms with van der Waals surface area (Å²) in [5, 5.41) is 3.37. The van der Waals surface area contributed by atoms with E-state index in [1.54, 1.807) is 0 Å². The summed E-state index contributed by atoms with van der Waals surface area (Å²) in [6, 6.07) is 13.0. The maximum atomic E-state index is 3.37. The van der Waals surface area contributed by atoms with Crippen molar-refractivity contribution >= 4 is 0 Å². The quantitative estimate of drug-likeness (QED) is 0.832. The molecule has 0 bridgehead atoms. The molecule has 2 heteroatoms. The van der Waals surface area contributed by atoms with E-state index in [1.165, 1.54) is 16.8 Å². The number of hydrogen-bond acceptors (Lipinski definition) is 1. The van der Waals surface area contributed by atoms with E-state index in [0.29, 0.717) is 0 Å². The molecule has 0 amide bonds. The van der Waals surface area contributed by atoms with Crippen molar-refractivity contribution in [1.82, 2.24) is 9.88 Å². The lowest BCUT2D eigenvalue weighted by Gasteiger charge is -2.10. The van der Waals surface area contributed by atoms with E-state index in [0.717, 1.165) is 19.6 Å². The zero-order chi connectivity index (χ0) is 12.1. The fraction of sp³-hybridized carbons (Fsp3) is 0.333. The molecule has 1 N–H and O–H groups in total. The van der Waals surface area contributed by atoms with Gasteiger partial charge in [-0.15, -0.1) is 0 Å². The first-order valence-corrected chi connectivity index (χ1v) is 6.20.